The maximum Gasteiger partial charge on any atom is 0.0807 e. The Morgan fingerprint density at radius 1 is 0.950 bits per heavy atom. The summed E-state index contributed by atoms with van der Waals surface area (Å²) >= 11 is 0. The lowest BCUT2D eigenvalue weighted by atomic mass is 10.0. The number of aliphatic hydroxyl groups excluding tert-OH is 1. The van der Waals surface area contributed by atoms with E-state index in [1.54, 1.807) is 0 Å². The Kier molecular flexibility index (Phi) is 8.52. The van der Waals surface area contributed by atoms with Crippen LogP contribution in [0.3, 0.4) is 0 Å². The van der Waals surface area contributed by atoms with Crippen molar-refractivity contribution in [3.05, 3.63) is 29.1 Å². The van der Waals surface area contributed by atoms with E-state index >= 15 is 0 Å². The van der Waals surface area contributed by atoms with E-state index in [-0.39, 0.29) is 6.10 Å². The maximum atomic E-state index is 10.2. The number of pyridine rings is 1. The van der Waals surface area contributed by atoms with Crippen molar-refractivity contribution < 1.29 is 5.11 Å². The largest absolute Gasteiger partial charge is 0.388 e. The molecule has 20 heavy (non-hydrogen) atoms. The molecule has 1 heterocycles. The van der Waals surface area contributed by atoms with E-state index in [1.807, 2.05) is 26.0 Å². The molecule has 2 heteroatoms. The third-order valence-corrected chi connectivity index (χ3v) is 3.96. The van der Waals surface area contributed by atoms with Crippen LogP contribution in [0.1, 0.15) is 87.8 Å². The van der Waals surface area contributed by atoms with Crippen molar-refractivity contribution >= 4 is 0 Å². The fourth-order valence-corrected chi connectivity index (χ4v) is 2.68. The summed E-state index contributed by atoms with van der Waals surface area (Å²) in [6.07, 6.45) is 11.0. The van der Waals surface area contributed by atoms with Gasteiger partial charge in [0.15, 0.2) is 0 Å². The van der Waals surface area contributed by atoms with Gasteiger partial charge in [0.2, 0.25) is 0 Å². The number of unbranched alkanes of at least 4 members (excludes halogenated alkanes) is 7. The van der Waals surface area contributed by atoms with Crippen molar-refractivity contribution in [2.45, 2.75) is 84.7 Å². The van der Waals surface area contributed by atoms with Gasteiger partial charge in [0.1, 0.15) is 0 Å². The summed E-state index contributed by atoms with van der Waals surface area (Å²) in [4.78, 5) is 4.42. The van der Waals surface area contributed by atoms with Crippen molar-refractivity contribution in [2.24, 2.45) is 0 Å². The van der Waals surface area contributed by atoms with E-state index in [0.717, 1.165) is 29.8 Å². The molecular weight excluding hydrogens is 246 g/mol. The molecular formula is C18H31NO. The number of aryl methyl sites for hydroxylation is 2. The minimum absolute atomic E-state index is 0.344. The Balaban J connectivity index is 2.15. The summed E-state index contributed by atoms with van der Waals surface area (Å²) in [6, 6.07) is 4.01. The maximum absolute atomic E-state index is 10.2. The van der Waals surface area contributed by atoms with Crippen molar-refractivity contribution in [3.8, 4) is 0 Å². The van der Waals surface area contributed by atoms with Crippen molar-refractivity contribution in [1.82, 2.24) is 4.98 Å². The topological polar surface area (TPSA) is 33.1 Å². The van der Waals surface area contributed by atoms with E-state index in [2.05, 4.69) is 11.9 Å². The van der Waals surface area contributed by atoms with Crippen LogP contribution in [0.4, 0.5) is 0 Å². The first kappa shape index (κ1) is 17.2. The minimum atomic E-state index is -0.344. The minimum Gasteiger partial charge on any atom is -0.388 e. The Morgan fingerprint density at radius 3 is 2.15 bits per heavy atom. The van der Waals surface area contributed by atoms with Gasteiger partial charge in [0, 0.05) is 17.0 Å². The zero-order chi connectivity index (χ0) is 14.8. The van der Waals surface area contributed by atoms with Gasteiger partial charge in [-0.15, -0.1) is 0 Å². The Labute approximate surface area is 124 Å². The third-order valence-electron chi connectivity index (χ3n) is 3.96. The number of aromatic nitrogens is 1. The van der Waals surface area contributed by atoms with Crippen LogP contribution in [0.15, 0.2) is 12.1 Å². The lowest BCUT2D eigenvalue weighted by Crippen LogP contribution is -2.02. The Bertz CT molecular complexity index is 376. The summed E-state index contributed by atoms with van der Waals surface area (Å²) < 4.78 is 0. The standard InChI is InChI=1S/C18H31NO/c1-4-5-6-7-8-9-10-11-12-18(20)17-14-13-15(2)19-16(17)3/h13-14,18,20H,4-12H2,1-3H3. The quantitative estimate of drug-likeness (QED) is 0.591. The van der Waals surface area contributed by atoms with Crippen molar-refractivity contribution in [3.63, 3.8) is 0 Å². The van der Waals surface area contributed by atoms with Crippen molar-refractivity contribution in [1.29, 1.82) is 0 Å². The molecule has 1 unspecified atom stereocenters. The van der Waals surface area contributed by atoms with E-state index < -0.39 is 0 Å². The fraction of sp³-hybridized carbons (Fsp3) is 0.722. The summed E-state index contributed by atoms with van der Waals surface area (Å²) in [7, 11) is 0. The molecule has 1 N–H and O–H groups in total. The van der Waals surface area contributed by atoms with Crippen LogP contribution >= 0.6 is 0 Å². The average molecular weight is 277 g/mol. The molecule has 0 fully saturated rings. The summed E-state index contributed by atoms with van der Waals surface area (Å²) in [6.45, 7) is 6.23. The van der Waals surface area contributed by atoms with Gasteiger partial charge in [-0.1, -0.05) is 64.4 Å². The monoisotopic (exact) mass is 277 g/mol. The van der Waals surface area contributed by atoms with Gasteiger partial charge in [-0.3, -0.25) is 4.98 Å². The van der Waals surface area contributed by atoms with Gasteiger partial charge >= 0.3 is 0 Å². The molecule has 1 aromatic heterocycles. The highest BCUT2D eigenvalue weighted by atomic mass is 16.3. The Hall–Kier alpha value is -0.890. The summed E-state index contributed by atoms with van der Waals surface area (Å²) in [5.41, 5.74) is 2.99. The lowest BCUT2D eigenvalue weighted by Gasteiger charge is -2.13. The van der Waals surface area contributed by atoms with Gasteiger partial charge in [0.05, 0.1) is 6.10 Å². The average Bonchev–Trinajstić information content (AvgIpc) is 2.41. The third kappa shape index (κ3) is 6.51. The summed E-state index contributed by atoms with van der Waals surface area (Å²) in [5, 5.41) is 10.2. The normalized spacial score (nSPS) is 12.6. The van der Waals surface area contributed by atoms with Crippen LogP contribution in [0.5, 0.6) is 0 Å². The van der Waals surface area contributed by atoms with E-state index in [4.69, 9.17) is 0 Å². The molecule has 0 bridgehead atoms. The van der Waals surface area contributed by atoms with Crippen molar-refractivity contribution in [2.75, 3.05) is 0 Å². The SMILES string of the molecule is CCCCCCCCCCC(O)c1ccc(C)nc1C. The molecule has 0 amide bonds. The van der Waals surface area contributed by atoms with E-state index in [9.17, 15) is 5.11 Å². The van der Waals surface area contributed by atoms with Crippen LogP contribution in [0.2, 0.25) is 0 Å². The van der Waals surface area contributed by atoms with E-state index in [0.29, 0.717) is 0 Å². The van der Waals surface area contributed by atoms with Gasteiger partial charge < -0.3 is 5.11 Å². The molecule has 1 aromatic rings. The highest BCUT2D eigenvalue weighted by molar-refractivity contribution is 5.23. The molecule has 0 aromatic carbocycles. The van der Waals surface area contributed by atoms with Crippen LogP contribution in [0.25, 0.3) is 0 Å². The number of hydrogen-bond donors (Lipinski definition) is 1. The van der Waals surface area contributed by atoms with Crippen LogP contribution in [0, 0.1) is 13.8 Å². The molecule has 0 saturated carbocycles. The smallest absolute Gasteiger partial charge is 0.0807 e. The first-order valence-electron chi connectivity index (χ1n) is 8.27. The molecule has 0 spiro atoms. The molecule has 0 aliphatic carbocycles. The molecule has 0 aliphatic rings. The predicted octanol–water partition coefficient (Wildman–Crippen LogP) is 5.26. The van der Waals surface area contributed by atoms with Gasteiger partial charge in [-0.05, 0) is 26.3 Å². The van der Waals surface area contributed by atoms with Gasteiger partial charge in [0.25, 0.3) is 0 Å². The Morgan fingerprint density at radius 2 is 1.55 bits per heavy atom. The van der Waals surface area contributed by atoms with Gasteiger partial charge in [-0.25, -0.2) is 0 Å². The molecule has 0 aliphatic heterocycles. The first-order chi connectivity index (χ1) is 9.65. The number of aliphatic hydroxyl groups is 1. The number of hydrogen-bond acceptors (Lipinski definition) is 2. The van der Waals surface area contributed by atoms with E-state index in [1.165, 1.54) is 44.9 Å². The lowest BCUT2D eigenvalue weighted by molar-refractivity contribution is 0.162. The number of rotatable bonds is 10. The highest BCUT2D eigenvalue weighted by Crippen LogP contribution is 2.22. The molecule has 0 radical (unpaired) electrons. The second-order valence-corrected chi connectivity index (χ2v) is 5.91. The number of nitrogens with zero attached hydrogens (tertiary/aromatic N) is 1. The fourth-order valence-electron chi connectivity index (χ4n) is 2.68. The molecule has 1 atom stereocenters. The van der Waals surface area contributed by atoms with Gasteiger partial charge in [-0.2, -0.15) is 0 Å². The highest BCUT2D eigenvalue weighted by Gasteiger charge is 2.10. The van der Waals surface area contributed by atoms with Crippen LogP contribution in [-0.2, 0) is 0 Å². The van der Waals surface area contributed by atoms with Crippen LogP contribution < -0.4 is 0 Å². The van der Waals surface area contributed by atoms with Crippen LogP contribution in [-0.4, -0.2) is 10.1 Å². The molecule has 2 nitrogen and oxygen atoms in total. The second-order valence-electron chi connectivity index (χ2n) is 5.91. The molecule has 0 saturated heterocycles. The first-order valence-corrected chi connectivity index (χ1v) is 8.27. The predicted molar refractivity (Wildman–Crippen MR) is 85.9 cm³/mol. The zero-order valence-corrected chi connectivity index (χ0v) is 13.5. The zero-order valence-electron chi connectivity index (χ0n) is 13.5. The molecule has 1 rings (SSSR count). The summed E-state index contributed by atoms with van der Waals surface area (Å²) in [5.74, 6) is 0. The second kappa shape index (κ2) is 9.93. The molecule has 114 valence electrons.